The third-order valence-electron chi connectivity index (χ3n) is 2.31. The SMILES string of the molecule is O=C1CCCN1c1nn2cc(I)nc2s1. The Bertz CT molecular complexity index is 502. The van der Waals surface area contributed by atoms with Crippen LogP contribution in [0, 0.1) is 3.70 Å². The van der Waals surface area contributed by atoms with Gasteiger partial charge in [0.25, 0.3) is 0 Å². The van der Waals surface area contributed by atoms with Crippen molar-refractivity contribution < 1.29 is 4.79 Å². The van der Waals surface area contributed by atoms with Crippen molar-refractivity contribution in [2.24, 2.45) is 0 Å². The molecule has 0 aliphatic carbocycles. The molecule has 0 saturated carbocycles. The Morgan fingerprint density at radius 2 is 2.40 bits per heavy atom. The molecular weight excluding hydrogens is 327 g/mol. The van der Waals surface area contributed by atoms with Crippen LogP contribution < -0.4 is 4.90 Å². The summed E-state index contributed by atoms with van der Waals surface area (Å²) in [6.45, 7) is 0.784. The summed E-state index contributed by atoms with van der Waals surface area (Å²) >= 11 is 3.61. The molecule has 0 aromatic carbocycles. The molecule has 15 heavy (non-hydrogen) atoms. The number of amides is 1. The second-order valence-corrected chi connectivity index (χ2v) is 5.36. The first-order chi connectivity index (χ1) is 7.24. The lowest BCUT2D eigenvalue weighted by Crippen LogP contribution is -2.23. The second-order valence-electron chi connectivity index (χ2n) is 3.32. The minimum atomic E-state index is 0.168. The van der Waals surface area contributed by atoms with E-state index in [1.807, 2.05) is 6.20 Å². The molecule has 2 aromatic heterocycles. The van der Waals surface area contributed by atoms with Gasteiger partial charge in [0.2, 0.25) is 16.0 Å². The summed E-state index contributed by atoms with van der Waals surface area (Å²) < 4.78 is 2.65. The van der Waals surface area contributed by atoms with Crippen LogP contribution in [-0.4, -0.2) is 27.0 Å². The summed E-state index contributed by atoms with van der Waals surface area (Å²) in [5.41, 5.74) is 0. The van der Waals surface area contributed by atoms with Crippen molar-refractivity contribution in [3.63, 3.8) is 0 Å². The second kappa shape index (κ2) is 3.41. The van der Waals surface area contributed by atoms with Gasteiger partial charge in [-0.05, 0) is 29.0 Å². The number of nitrogens with zero attached hydrogens (tertiary/aromatic N) is 4. The average molecular weight is 334 g/mol. The lowest BCUT2D eigenvalue weighted by Gasteiger charge is -2.09. The number of anilines is 1. The molecule has 7 heteroatoms. The molecule has 1 aliphatic rings. The topological polar surface area (TPSA) is 50.5 Å². The van der Waals surface area contributed by atoms with Gasteiger partial charge in [-0.25, -0.2) is 9.50 Å². The maximum absolute atomic E-state index is 11.5. The molecular formula is C8H7IN4OS. The van der Waals surface area contributed by atoms with Crippen molar-refractivity contribution in [1.82, 2.24) is 14.6 Å². The minimum Gasteiger partial charge on any atom is -0.287 e. The van der Waals surface area contributed by atoms with E-state index in [1.165, 1.54) is 11.3 Å². The Morgan fingerprint density at radius 1 is 1.53 bits per heavy atom. The third-order valence-corrected chi connectivity index (χ3v) is 3.77. The lowest BCUT2D eigenvalue weighted by atomic mass is 10.4. The zero-order valence-electron chi connectivity index (χ0n) is 7.68. The van der Waals surface area contributed by atoms with Crippen molar-refractivity contribution in [2.75, 3.05) is 11.4 Å². The maximum Gasteiger partial charge on any atom is 0.228 e. The van der Waals surface area contributed by atoms with E-state index in [0.717, 1.165) is 26.8 Å². The molecule has 1 aliphatic heterocycles. The fraction of sp³-hybridized carbons (Fsp3) is 0.375. The van der Waals surface area contributed by atoms with E-state index in [4.69, 9.17) is 0 Å². The van der Waals surface area contributed by atoms with Crippen LogP contribution >= 0.6 is 33.9 Å². The quantitative estimate of drug-likeness (QED) is 0.743. The van der Waals surface area contributed by atoms with Gasteiger partial charge in [-0.3, -0.25) is 9.69 Å². The molecule has 1 fully saturated rings. The van der Waals surface area contributed by atoms with Crippen LogP contribution in [0.15, 0.2) is 6.20 Å². The van der Waals surface area contributed by atoms with Gasteiger partial charge in [0.1, 0.15) is 3.70 Å². The van der Waals surface area contributed by atoms with Crippen molar-refractivity contribution in [3.05, 3.63) is 9.90 Å². The predicted molar refractivity (Wildman–Crippen MR) is 65.2 cm³/mol. The van der Waals surface area contributed by atoms with E-state index in [9.17, 15) is 4.79 Å². The van der Waals surface area contributed by atoms with Gasteiger partial charge in [-0.15, -0.1) is 5.10 Å². The first kappa shape index (κ1) is 9.52. The zero-order chi connectivity index (χ0) is 10.4. The number of fused-ring (bicyclic) bond motifs is 1. The van der Waals surface area contributed by atoms with Crippen LogP contribution in [0.2, 0.25) is 0 Å². The van der Waals surface area contributed by atoms with Crippen LogP contribution in [0.3, 0.4) is 0 Å². The highest BCUT2D eigenvalue weighted by atomic mass is 127. The molecule has 0 atom stereocenters. The largest absolute Gasteiger partial charge is 0.287 e. The number of rotatable bonds is 1. The smallest absolute Gasteiger partial charge is 0.228 e. The molecule has 0 N–H and O–H groups in total. The standard InChI is InChI=1S/C8H7IN4OS/c9-5-4-13-7(10-5)15-8(11-13)12-3-1-2-6(12)14/h4H,1-3H2. The highest BCUT2D eigenvalue weighted by Gasteiger charge is 2.25. The Hall–Kier alpha value is -0.700. The van der Waals surface area contributed by atoms with E-state index in [-0.39, 0.29) is 5.91 Å². The highest BCUT2D eigenvalue weighted by molar-refractivity contribution is 14.1. The molecule has 0 bridgehead atoms. The summed E-state index contributed by atoms with van der Waals surface area (Å²) in [7, 11) is 0. The van der Waals surface area contributed by atoms with Crippen molar-refractivity contribution in [3.8, 4) is 0 Å². The fourth-order valence-electron chi connectivity index (χ4n) is 1.62. The molecule has 1 amide bonds. The summed E-state index contributed by atoms with van der Waals surface area (Å²) in [5, 5.41) is 5.10. The number of halogens is 1. The Kier molecular flexibility index (Phi) is 2.16. The third kappa shape index (κ3) is 1.53. The summed E-state index contributed by atoms with van der Waals surface area (Å²) in [4.78, 5) is 18.4. The normalized spacial score (nSPS) is 16.9. The lowest BCUT2D eigenvalue weighted by molar-refractivity contribution is -0.117. The molecule has 0 spiro atoms. The predicted octanol–water partition coefficient (Wildman–Crippen LogP) is 1.52. The molecule has 78 valence electrons. The van der Waals surface area contributed by atoms with Crippen LogP contribution in [0.25, 0.3) is 4.96 Å². The summed E-state index contributed by atoms with van der Waals surface area (Å²) in [6, 6.07) is 0. The number of aromatic nitrogens is 3. The molecule has 1 saturated heterocycles. The Balaban J connectivity index is 2.04. The molecule has 0 radical (unpaired) electrons. The maximum atomic E-state index is 11.5. The number of carbonyl (C=O) groups excluding carboxylic acids is 1. The van der Waals surface area contributed by atoms with Gasteiger partial charge in [-0.1, -0.05) is 11.3 Å². The number of imidazole rings is 1. The van der Waals surface area contributed by atoms with Crippen LogP contribution in [-0.2, 0) is 4.79 Å². The molecule has 5 nitrogen and oxygen atoms in total. The van der Waals surface area contributed by atoms with Gasteiger partial charge in [0.15, 0.2) is 0 Å². The summed E-state index contributed by atoms with van der Waals surface area (Å²) in [6.07, 6.45) is 3.42. The van der Waals surface area contributed by atoms with Crippen molar-refractivity contribution in [1.29, 1.82) is 0 Å². The number of hydrogen-bond donors (Lipinski definition) is 0. The van der Waals surface area contributed by atoms with E-state index in [1.54, 1.807) is 9.42 Å². The van der Waals surface area contributed by atoms with E-state index >= 15 is 0 Å². The van der Waals surface area contributed by atoms with Gasteiger partial charge in [0, 0.05) is 13.0 Å². The van der Waals surface area contributed by atoms with Crippen LogP contribution in [0.5, 0.6) is 0 Å². The summed E-state index contributed by atoms with van der Waals surface area (Å²) in [5.74, 6) is 0.168. The Morgan fingerprint density at radius 3 is 3.07 bits per heavy atom. The molecule has 2 aromatic rings. The molecule has 3 rings (SSSR count). The first-order valence-electron chi connectivity index (χ1n) is 4.56. The van der Waals surface area contributed by atoms with Crippen LogP contribution in [0.1, 0.15) is 12.8 Å². The first-order valence-corrected chi connectivity index (χ1v) is 6.45. The van der Waals surface area contributed by atoms with E-state index < -0.39 is 0 Å². The van der Waals surface area contributed by atoms with Crippen molar-refractivity contribution in [2.45, 2.75) is 12.8 Å². The van der Waals surface area contributed by atoms with Crippen molar-refractivity contribution >= 4 is 49.9 Å². The van der Waals surface area contributed by atoms with Gasteiger partial charge in [0.05, 0.1) is 6.20 Å². The highest BCUT2D eigenvalue weighted by Crippen LogP contribution is 2.26. The molecule has 3 heterocycles. The van der Waals surface area contributed by atoms with Crippen LogP contribution in [0.4, 0.5) is 5.13 Å². The monoisotopic (exact) mass is 334 g/mol. The fourth-order valence-corrected chi connectivity index (χ4v) is 3.20. The minimum absolute atomic E-state index is 0.168. The molecule has 0 unspecified atom stereocenters. The van der Waals surface area contributed by atoms with Gasteiger partial charge >= 0.3 is 0 Å². The Labute approximate surface area is 103 Å². The number of carbonyl (C=O) groups is 1. The van der Waals surface area contributed by atoms with E-state index in [2.05, 4.69) is 32.7 Å². The zero-order valence-corrected chi connectivity index (χ0v) is 10.7. The van der Waals surface area contributed by atoms with Gasteiger partial charge in [-0.2, -0.15) is 0 Å². The average Bonchev–Trinajstić information content (AvgIpc) is 2.78. The van der Waals surface area contributed by atoms with Gasteiger partial charge < -0.3 is 0 Å². The number of hydrogen-bond acceptors (Lipinski definition) is 4. The van der Waals surface area contributed by atoms with E-state index in [0.29, 0.717) is 6.42 Å².